The molecule has 18 heavy (non-hydrogen) atoms. The van der Waals surface area contributed by atoms with Gasteiger partial charge < -0.3 is 4.74 Å². The minimum Gasteiger partial charge on any atom is -0.449 e. The van der Waals surface area contributed by atoms with E-state index in [1.807, 2.05) is 6.92 Å². The third-order valence-electron chi connectivity index (χ3n) is 2.12. The Morgan fingerprint density at radius 2 is 2.28 bits per heavy atom. The lowest BCUT2D eigenvalue weighted by molar-refractivity contribution is -0.387. The van der Waals surface area contributed by atoms with Crippen LogP contribution < -0.4 is 5.32 Å². The molecule has 0 aliphatic carbocycles. The summed E-state index contributed by atoms with van der Waals surface area (Å²) in [5.74, 6) is -0.954. The van der Waals surface area contributed by atoms with Gasteiger partial charge in [-0.2, -0.15) is 4.39 Å². The molecule has 0 aromatic heterocycles. The topological polar surface area (TPSA) is 81.5 Å². The van der Waals surface area contributed by atoms with E-state index in [4.69, 9.17) is 4.74 Å². The van der Waals surface area contributed by atoms with Gasteiger partial charge in [0.2, 0.25) is 5.82 Å². The Morgan fingerprint density at radius 3 is 2.89 bits per heavy atom. The van der Waals surface area contributed by atoms with Crippen LogP contribution in [0.4, 0.5) is 20.6 Å². The van der Waals surface area contributed by atoms with Crippen molar-refractivity contribution < 1.29 is 18.8 Å². The van der Waals surface area contributed by atoms with Crippen LogP contribution in [-0.2, 0) is 4.74 Å². The standard InChI is InChI=1S/C11H13FN2O4/c1-2-3-6-18-11(15)13-8-4-5-9(12)10(7-8)14(16)17/h4-5,7H,2-3,6H2,1H3,(H,13,15). The quantitative estimate of drug-likeness (QED) is 0.498. The molecule has 1 amide bonds. The Hall–Kier alpha value is -2.18. The number of rotatable bonds is 5. The predicted molar refractivity (Wildman–Crippen MR) is 62.9 cm³/mol. The van der Waals surface area contributed by atoms with E-state index < -0.39 is 22.5 Å². The van der Waals surface area contributed by atoms with E-state index in [1.54, 1.807) is 0 Å². The minimum atomic E-state index is -0.954. The number of nitrogens with one attached hydrogen (secondary N) is 1. The molecule has 0 unspecified atom stereocenters. The highest BCUT2D eigenvalue weighted by Crippen LogP contribution is 2.21. The summed E-state index contributed by atoms with van der Waals surface area (Å²) < 4.78 is 17.8. The molecule has 0 atom stereocenters. The second-order valence-corrected chi connectivity index (χ2v) is 3.54. The van der Waals surface area contributed by atoms with Crippen molar-refractivity contribution in [3.63, 3.8) is 0 Å². The Morgan fingerprint density at radius 1 is 1.56 bits per heavy atom. The van der Waals surface area contributed by atoms with Crippen molar-refractivity contribution in [2.75, 3.05) is 11.9 Å². The number of anilines is 1. The maximum Gasteiger partial charge on any atom is 0.411 e. The van der Waals surface area contributed by atoms with Gasteiger partial charge in [0.1, 0.15) is 0 Å². The summed E-state index contributed by atoms with van der Waals surface area (Å²) >= 11 is 0. The Bertz CT molecular complexity index is 451. The van der Waals surface area contributed by atoms with Crippen LogP contribution in [0.2, 0.25) is 0 Å². The maximum absolute atomic E-state index is 13.0. The largest absolute Gasteiger partial charge is 0.449 e. The predicted octanol–water partition coefficient (Wildman–Crippen LogP) is 3.08. The molecule has 0 heterocycles. The first-order valence-corrected chi connectivity index (χ1v) is 5.42. The molecular formula is C11H13FN2O4. The lowest BCUT2D eigenvalue weighted by atomic mass is 10.2. The van der Waals surface area contributed by atoms with Crippen LogP contribution in [0.5, 0.6) is 0 Å². The molecule has 0 aliphatic rings. The van der Waals surface area contributed by atoms with E-state index in [1.165, 1.54) is 6.07 Å². The van der Waals surface area contributed by atoms with E-state index in [0.717, 1.165) is 25.0 Å². The number of amides is 1. The second kappa shape index (κ2) is 6.53. The fourth-order valence-corrected chi connectivity index (χ4v) is 1.19. The molecule has 0 bridgehead atoms. The van der Waals surface area contributed by atoms with Gasteiger partial charge in [-0.25, -0.2) is 4.79 Å². The van der Waals surface area contributed by atoms with Gasteiger partial charge in [0.05, 0.1) is 17.2 Å². The van der Waals surface area contributed by atoms with E-state index in [9.17, 15) is 19.3 Å². The van der Waals surface area contributed by atoms with Crippen LogP contribution in [0.3, 0.4) is 0 Å². The molecule has 0 saturated carbocycles. The average molecular weight is 256 g/mol. The highest BCUT2D eigenvalue weighted by Gasteiger charge is 2.15. The smallest absolute Gasteiger partial charge is 0.411 e. The molecule has 0 aliphatic heterocycles. The molecule has 0 saturated heterocycles. The summed E-state index contributed by atoms with van der Waals surface area (Å²) in [6.07, 6.45) is 0.899. The number of carbonyl (C=O) groups is 1. The number of unbranched alkanes of at least 4 members (excludes halogenated alkanes) is 1. The summed E-state index contributed by atoms with van der Waals surface area (Å²) in [6, 6.07) is 3.08. The van der Waals surface area contributed by atoms with Crippen LogP contribution in [0.25, 0.3) is 0 Å². The van der Waals surface area contributed by atoms with Crippen molar-refractivity contribution in [1.82, 2.24) is 0 Å². The Labute approximate surface area is 103 Å². The van der Waals surface area contributed by atoms with E-state index in [0.29, 0.717) is 0 Å². The third-order valence-corrected chi connectivity index (χ3v) is 2.12. The van der Waals surface area contributed by atoms with Crippen molar-refractivity contribution in [1.29, 1.82) is 0 Å². The van der Waals surface area contributed by atoms with Crippen LogP contribution >= 0.6 is 0 Å². The third kappa shape index (κ3) is 4.00. The van der Waals surface area contributed by atoms with Crippen molar-refractivity contribution in [3.8, 4) is 0 Å². The summed E-state index contributed by atoms with van der Waals surface area (Å²) in [4.78, 5) is 20.9. The van der Waals surface area contributed by atoms with E-state index >= 15 is 0 Å². The van der Waals surface area contributed by atoms with Gasteiger partial charge in [0.25, 0.3) is 0 Å². The average Bonchev–Trinajstić information content (AvgIpc) is 2.31. The van der Waals surface area contributed by atoms with Crippen LogP contribution in [0.1, 0.15) is 19.8 Å². The molecule has 1 rings (SSSR count). The first-order valence-electron chi connectivity index (χ1n) is 5.42. The molecule has 0 fully saturated rings. The Balaban J connectivity index is 2.65. The zero-order chi connectivity index (χ0) is 13.5. The van der Waals surface area contributed by atoms with Gasteiger partial charge in [-0.15, -0.1) is 0 Å². The Kier molecular flexibility index (Phi) is 5.04. The molecule has 0 radical (unpaired) electrons. The van der Waals surface area contributed by atoms with Crippen LogP contribution in [-0.4, -0.2) is 17.6 Å². The van der Waals surface area contributed by atoms with Crippen molar-refractivity contribution in [2.45, 2.75) is 19.8 Å². The van der Waals surface area contributed by atoms with Gasteiger partial charge in [0, 0.05) is 6.07 Å². The van der Waals surface area contributed by atoms with Crippen molar-refractivity contribution >= 4 is 17.5 Å². The van der Waals surface area contributed by atoms with Gasteiger partial charge in [0.15, 0.2) is 0 Å². The number of ether oxygens (including phenoxy) is 1. The zero-order valence-electron chi connectivity index (χ0n) is 9.81. The fraction of sp³-hybridized carbons (Fsp3) is 0.364. The first kappa shape index (κ1) is 13.9. The molecular weight excluding hydrogens is 243 g/mol. The summed E-state index contributed by atoms with van der Waals surface area (Å²) in [5, 5.41) is 12.8. The molecule has 7 heteroatoms. The highest BCUT2D eigenvalue weighted by atomic mass is 19.1. The molecule has 1 N–H and O–H groups in total. The van der Waals surface area contributed by atoms with Gasteiger partial charge >= 0.3 is 11.8 Å². The SMILES string of the molecule is CCCCOC(=O)Nc1ccc(F)c([N+](=O)[O-])c1. The van der Waals surface area contributed by atoms with Gasteiger partial charge in [-0.05, 0) is 18.6 Å². The number of carbonyl (C=O) groups excluding carboxylic acids is 1. The number of nitrogens with zero attached hydrogens (tertiary/aromatic N) is 1. The number of nitro benzene ring substituents is 1. The van der Waals surface area contributed by atoms with E-state index in [2.05, 4.69) is 5.32 Å². The van der Waals surface area contributed by atoms with Gasteiger partial charge in [-0.3, -0.25) is 15.4 Å². The number of halogens is 1. The van der Waals surface area contributed by atoms with Crippen molar-refractivity contribution in [2.24, 2.45) is 0 Å². The van der Waals surface area contributed by atoms with Gasteiger partial charge in [-0.1, -0.05) is 13.3 Å². The second-order valence-electron chi connectivity index (χ2n) is 3.54. The van der Waals surface area contributed by atoms with Crippen LogP contribution in [0, 0.1) is 15.9 Å². The van der Waals surface area contributed by atoms with Crippen LogP contribution in [0.15, 0.2) is 18.2 Å². The zero-order valence-corrected chi connectivity index (χ0v) is 9.81. The summed E-state index contributed by atoms with van der Waals surface area (Å²) in [6.45, 7) is 2.22. The number of hydrogen-bond acceptors (Lipinski definition) is 4. The monoisotopic (exact) mass is 256 g/mol. The molecule has 6 nitrogen and oxygen atoms in total. The summed E-state index contributed by atoms with van der Waals surface area (Å²) in [5.41, 5.74) is -0.578. The number of hydrogen-bond donors (Lipinski definition) is 1. The number of benzene rings is 1. The minimum absolute atomic E-state index is 0.115. The van der Waals surface area contributed by atoms with E-state index in [-0.39, 0.29) is 12.3 Å². The lowest BCUT2D eigenvalue weighted by Crippen LogP contribution is -2.14. The molecule has 0 spiro atoms. The number of nitro groups is 1. The first-order chi connectivity index (χ1) is 8.54. The summed E-state index contributed by atoms with van der Waals surface area (Å²) in [7, 11) is 0. The molecule has 98 valence electrons. The normalized spacial score (nSPS) is 9.89. The molecule has 1 aromatic carbocycles. The van der Waals surface area contributed by atoms with Crippen molar-refractivity contribution in [3.05, 3.63) is 34.1 Å². The fourth-order valence-electron chi connectivity index (χ4n) is 1.19. The molecule has 1 aromatic rings. The lowest BCUT2D eigenvalue weighted by Gasteiger charge is -2.06. The maximum atomic E-state index is 13.0. The highest BCUT2D eigenvalue weighted by molar-refractivity contribution is 5.85.